The Morgan fingerprint density at radius 2 is 1.80 bits per heavy atom. The summed E-state index contributed by atoms with van der Waals surface area (Å²) in [5, 5.41) is 28.3. The van der Waals surface area contributed by atoms with Crippen LogP contribution in [-0.2, 0) is 48.7 Å². The number of imidazole rings is 2. The molecule has 2 unspecified atom stereocenters. The monoisotopic (exact) mass is 946 g/mol. The first-order valence-corrected chi connectivity index (χ1v) is 22.8. The molecule has 1 aromatic carbocycles. The number of H-pyrrole nitrogens is 1. The van der Waals surface area contributed by atoms with Crippen LogP contribution in [0, 0.1) is 17.2 Å². The lowest BCUT2D eigenvalue weighted by molar-refractivity contribution is -0.118. The summed E-state index contributed by atoms with van der Waals surface area (Å²) in [6, 6.07) is 8.71. The molecule has 4 aromatic heterocycles. The van der Waals surface area contributed by atoms with E-state index in [0.29, 0.717) is 5.56 Å². The second-order valence-electron chi connectivity index (χ2n) is 14.1. The van der Waals surface area contributed by atoms with Crippen LogP contribution in [0.1, 0.15) is 43.1 Å². The maximum absolute atomic E-state index is 16.3. The molecule has 30 heteroatoms. The van der Waals surface area contributed by atoms with Crippen molar-refractivity contribution in [3.05, 3.63) is 75.7 Å². The highest BCUT2D eigenvalue weighted by Crippen LogP contribution is 2.55. The first kappa shape index (κ1) is 46.3. The van der Waals surface area contributed by atoms with Crippen molar-refractivity contribution < 1.29 is 56.1 Å². The van der Waals surface area contributed by atoms with Gasteiger partial charge in [-0.25, -0.2) is 24.3 Å². The molecule has 7 rings (SSSR count). The van der Waals surface area contributed by atoms with Crippen molar-refractivity contribution in [3.8, 4) is 6.07 Å². The number of benzene rings is 1. The molecule has 64 heavy (non-hydrogen) atoms. The van der Waals surface area contributed by atoms with Gasteiger partial charge in [0.25, 0.3) is 11.5 Å². The second kappa shape index (κ2) is 20.0. The number of rotatable bonds is 18. The first-order valence-electron chi connectivity index (χ1n) is 19.0. The van der Waals surface area contributed by atoms with E-state index in [1.807, 2.05) is 6.07 Å². The fraction of sp³-hybridized carbons (Fsp3) is 0.441. The van der Waals surface area contributed by atoms with Gasteiger partial charge in [0.05, 0.1) is 57.1 Å². The second-order valence-corrected chi connectivity index (χ2v) is 17.8. The van der Waals surface area contributed by atoms with E-state index >= 15 is 4.39 Å². The maximum atomic E-state index is 16.3. The van der Waals surface area contributed by atoms with Crippen LogP contribution in [0.25, 0.3) is 32.8 Å². The molecule has 2 amide bonds. The zero-order chi connectivity index (χ0) is 45.7. The number of halogens is 1. The molecule has 0 radical (unpaired) electrons. The van der Waals surface area contributed by atoms with E-state index < -0.39 is 101 Å². The van der Waals surface area contributed by atoms with Crippen LogP contribution in [0.15, 0.2) is 59.2 Å². The Morgan fingerprint density at radius 3 is 2.48 bits per heavy atom. The third-order valence-corrected chi connectivity index (χ3v) is 12.5. The predicted octanol–water partition coefficient (Wildman–Crippen LogP) is 2.93. The van der Waals surface area contributed by atoms with Crippen LogP contribution in [0.2, 0.25) is 0 Å². The summed E-state index contributed by atoms with van der Waals surface area (Å²) in [6.07, 6.45) is -8.05. The SMILES string of the molecule is CC(C)C(=O)Nc1nc2c(ncn2[C@@H]2O[C@H](CO)[C@@H](F)[C@H]2OP(=S)(OCCC#N)OC[C@H]2O[C@@H](n3cnc4c(NC(=O)c5ccccc5)ncnc43)[C@H](O[PH](=O)O)[C@@H]2N=[N+]=[N-])c(=O)[nH]1. The van der Waals surface area contributed by atoms with Gasteiger partial charge in [0.2, 0.25) is 11.9 Å². The number of ether oxygens (including phenoxy) is 2. The predicted molar refractivity (Wildman–Crippen MR) is 221 cm³/mol. The van der Waals surface area contributed by atoms with E-state index in [1.54, 1.807) is 44.2 Å². The van der Waals surface area contributed by atoms with Crippen LogP contribution >= 0.6 is 15.0 Å². The van der Waals surface area contributed by atoms with Gasteiger partial charge in [-0.3, -0.25) is 42.9 Å². The van der Waals surface area contributed by atoms with Crippen molar-refractivity contribution in [2.45, 2.75) is 69.4 Å². The molecule has 5 N–H and O–H groups in total. The number of aromatic nitrogens is 8. The number of hydrogen-bond donors (Lipinski definition) is 5. The Morgan fingerprint density at radius 1 is 1.09 bits per heavy atom. The average Bonchev–Trinajstić information content (AvgIpc) is 4.05. The molecule has 0 aliphatic carbocycles. The highest BCUT2D eigenvalue weighted by molar-refractivity contribution is 8.07. The molecule has 6 heterocycles. The third-order valence-electron chi connectivity index (χ3n) is 9.66. The molecule has 2 aliphatic rings. The fourth-order valence-corrected chi connectivity index (χ4v) is 9.20. The topological polar surface area (TPSA) is 351 Å². The highest BCUT2D eigenvalue weighted by atomic mass is 32.5. The minimum absolute atomic E-state index is 0.0102. The molecule has 10 atom stereocenters. The molecular weight excluding hydrogens is 909 g/mol. The van der Waals surface area contributed by atoms with Crippen LogP contribution < -0.4 is 16.2 Å². The standard InChI is InChI=1S/C34H37FN14O12P2S/c1-16(2)29(51)44-34-43-28-23(31(53)45-34)41-15-49(28)32-24(20(35)18(11-50)58-32)61-63(64,56-10-6-9-36)57-12-19-21(46-47-37)25(60-62(54)55)33(59-19)48-14-40-22-26(38-13-39-27(22)48)42-30(52)17-7-4-3-5-8-17/h3-5,7-8,13-16,18-21,24-25,32-33,50,62H,6,10-12H2,1-2H3,(H,54,55)(H,38,39,42,52)(H2,43,44,45,51,53)/t18-,19-,20-,21-,24-,25-,32-,33-,63?/m1/s1. The van der Waals surface area contributed by atoms with Gasteiger partial charge in [-0.05, 0) is 29.5 Å². The number of nitriles is 1. The van der Waals surface area contributed by atoms with Crippen LogP contribution in [0.3, 0.4) is 0 Å². The minimum Gasteiger partial charge on any atom is -0.394 e. The summed E-state index contributed by atoms with van der Waals surface area (Å²) in [5.74, 6) is -1.70. The number of carbonyl (C=O) groups excluding carboxylic acids is 2. The van der Waals surface area contributed by atoms with E-state index in [4.69, 9.17) is 39.4 Å². The largest absolute Gasteiger partial charge is 0.394 e. The number of aromatic amines is 1. The molecular formula is C34H37FN14O12P2S. The Bertz CT molecular complexity index is 2750. The number of nitrogens with zero attached hydrogens (tertiary/aromatic N) is 11. The molecule has 2 fully saturated rings. The van der Waals surface area contributed by atoms with Gasteiger partial charge in [0.15, 0.2) is 46.8 Å². The molecule has 0 bridgehead atoms. The number of aliphatic hydroxyl groups excluding tert-OH is 1. The van der Waals surface area contributed by atoms with E-state index in [2.05, 4.69) is 50.6 Å². The number of carbonyl (C=O) groups is 2. The highest BCUT2D eigenvalue weighted by Gasteiger charge is 2.52. The van der Waals surface area contributed by atoms with E-state index in [1.165, 1.54) is 10.9 Å². The normalized spacial score (nSPS) is 24.6. The van der Waals surface area contributed by atoms with E-state index in [0.717, 1.165) is 17.2 Å². The number of alkyl halides is 1. The van der Waals surface area contributed by atoms with Crippen molar-refractivity contribution >= 4 is 72.7 Å². The van der Waals surface area contributed by atoms with Crippen molar-refractivity contribution in [2.24, 2.45) is 11.0 Å². The third kappa shape index (κ3) is 9.86. The lowest BCUT2D eigenvalue weighted by atomic mass is 10.1. The van der Waals surface area contributed by atoms with Crippen LogP contribution in [0.5, 0.6) is 0 Å². The van der Waals surface area contributed by atoms with Crippen LogP contribution in [-0.4, -0.2) is 117 Å². The van der Waals surface area contributed by atoms with Crippen molar-refractivity contribution in [1.29, 1.82) is 5.26 Å². The summed E-state index contributed by atoms with van der Waals surface area (Å²) in [5.41, 5.74) is 8.91. The molecule has 26 nitrogen and oxygen atoms in total. The van der Waals surface area contributed by atoms with Crippen LogP contribution in [0.4, 0.5) is 16.2 Å². The van der Waals surface area contributed by atoms with Crippen molar-refractivity contribution in [1.82, 2.24) is 39.0 Å². The number of anilines is 2. The summed E-state index contributed by atoms with van der Waals surface area (Å²) < 4.78 is 66.3. The summed E-state index contributed by atoms with van der Waals surface area (Å²) >= 11 is 5.73. The quantitative estimate of drug-likeness (QED) is 0.0277. The number of aliphatic hydroxyl groups is 1. The number of amides is 2. The van der Waals surface area contributed by atoms with Gasteiger partial charge in [-0.1, -0.05) is 37.2 Å². The first-order chi connectivity index (χ1) is 30.7. The Labute approximate surface area is 364 Å². The van der Waals surface area contributed by atoms with E-state index in [9.17, 15) is 39.7 Å². The summed E-state index contributed by atoms with van der Waals surface area (Å²) in [4.78, 5) is 74.6. The summed E-state index contributed by atoms with van der Waals surface area (Å²) in [6.45, 7) is -2.93. The Balaban J connectivity index is 1.18. The van der Waals surface area contributed by atoms with Crippen molar-refractivity contribution in [3.63, 3.8) is 0 Å². The van der Waals surface area contributed by atoms with Gasteiger partial charge >= 0.3 is 15.0 Å². The zero-order valence-corrected chi connectivity index (χ0v) is 36.0. The smallest absolute Gasteiger partial charge is 0.327 e. The lowest BCUT2D eigenvalue weighted by Gasteiger charge is -2.29. The zero-order valence-electron chi connectivity index (χ0n) is 33.3. The Kier molecular flexibility index (Phi) is 14.5. The molecule has 0 spiro atoms. The average molecular weight is 947 g/mol. The Hall–Kier alpha value is -5.65. The molecule has 338 valence electrons. The minimum atomic E-state index is -4.27. The number of azide groups is 1. The van der Waals surface area contributed by atoms with Gasteiger partial charge in [-0.15, -0.1) is 0 Å². The molecule has 0 saturated carbocycles. The van der Waals surface area contributed by atoms with Gasteiger partial charge < -0.3 is 38.4 Å². The van der Waals surface area contributed by atoms with Gasteiger partial charge in [-0.2, -0.15) is 10.2 Å². The molecule has 5 aromatic rings. The van der Waals surface area contributed by atoms with Gasteiger partial charge in [0, 0.05) is 16.4 Å². The fourth-order valence-electron chi connectivity index (χ4n) is 6.65. The molecule has 2 aliphatic heterocycles. The number of nitrogens with one attached hydrogen (secondary N) is 3. The van der Waals surface area contributed by atoms with E-state index in [-0.39, 0.29) is 47.1 Å². The molecule has 2 saturated heterocycles. The lowest BCUT2D eigenvalue weighted by Crippen LogP contribution is -2.34. The maximum Gasteiger partial charge on any atom is 0.327 e. The number of fused-ring (bicyclic) bond motifs is 2. The number of hydrogen-bond acceptors (Lipinski definition) is 19. The van der Waals surface area contributed by atoms with Crippen molar-refractivity contribution in [2.75, 3.05) is 30.5 Å². The summed E-state index contributed by atoms with van der Waals surface area (Å²) in [7, 11) is -3.77. The van der Waals surface area contributed by atoms with Gasteiger partial charge in [0.1, 0.15) is 24.6 Å².